The molecule has 0 radical (unpaired) electrons. The van der Waals surface area contributed by atoms with E-state index in [1.165, 1.54) is 6.08 Å². The lowest BCUT2D eigenvalue weighted by molar-refractivity contribution is 0.776. The summed E-state index contributed by atoms with van der Waals surface area (Å²) in [6.45, 7) is 3.45. The van der Waals surface area contributed by atoms with E-state index in [1.54, 1.807) is 0 Å². The Kier molecular flexibility index (Phi) is 3.55. The molecule has 3 heteroatoms. The topological polar surface area (TPSA) is 73.7 Å². The Morgan fingerprint density at radius 2 is 1.78 bits per heavy atom. The van der Waals surface area contributed by atoms with Gasteiger partial charge in [0.15, 0.2) is 0 Å². The highest BCUT2D eigenvalue weighted by molar-refractivity contribution is 5.81. The predicted octanol–water partition coefficient (Wildman–Crippen LogP) is 0.415. The molecule has 0 saturated carbocycles. The molecular weight excluding hydrogens is 114 g/mol. The second-order valence-electron chi connectivity index (χ2n) is 1.72. The van der Waals surface area contributed by atoms with Crippen LogP contribution in [0.5, 0.6) is 0 Å². The van der Waals surface area contributed by atoms with Gasteiger partial charge in [0.2, 0.25) is 0 Å². The van der Waals surface area contributed by atoms with Crippen LogP contribution in [0.15, 0.2) is 12.7 Å². The molecule has 50 valence electrons. The molecule has 0 aromatic rings. The summed E-state index contributed by atoms with van der Waals surface area (Å²) >= 11 is 0. The Morgan fingerprint density at radius 3 is 1.89 bits per heavy atom. The maximum absolute atomic E-state index is 6.79. The van der Waals surface area contributed by atoms with Gasteiger partial charge in [-0.05, 0) is 0 Å². The van der Waals surface area contributed by atoms with Crippen molar-refractivity contribution in [3.05, 3.63) is 12.7 Å². The summed E-state index contributed by atoms with van der Waals surface area (Å²) < 4.78 is 0. The molecule has 3 nitrogen and oxygen atoms in total. The van der Waals surface area contributed by atoms with Crippen molar-refractivity contribution in [3.63, 3.8) is 0 Å². The van der Waals surface area contributed by atoms with Crippen molar-refractivity contribution in [3.8, 4) is 0 Å². The van der Waals surface area contributed by atoms with Crippen LogP contribution in [0.4, 0.5) is 0 Å². The zero-order chi connectivity index (χ0) is 7.28. The van der Waals surface area contributed by atoms with Crippen LogP contribution in [0.2, 0.25) is 0 Å². The van der Waals surface area contributed by atoms with Crippen LogP contribution in [0.25, 0.3) is 0 Å². The highest BCUT2D eigenvalue weighted by Gasteiger charge is 2.06. The van der Waals surface area contributed by atoms with Crippen molar-refractivity contribution in [1.82, 2.24) is 0 Å². The molecule has 0 heterocycles. The number of hydrogen-bond donors (Lipinski definition) is 3. The summed E-state index contributed by atoms with van der Waals surface area (Å²) in [4.78, 5) is 0. The van der Waals surface area contributed by atoms with Crippen LogP contribution in [0, 0.1) is 16.7 Å². The zero-order valence-electron chi connectivity index (χ0n) is 5.17. The smallest absolute Gasteiger partial charge is 0.0470 e. The van der Waals surface area contributed by atoms with Crippen molar-refractivity contribution in [2.45, 2.75) is 6.04 Å². The summed E-state index contributed by atoms with van der Waals surface area (Å²) in [6, 6.07) is -0.292. The molecule has 0 aromatic heterocycles. The van der Waals surface area contributed by atoms with Crippen LogP contribution in [0.1, 0.15) is 0 Å². The lowest BCUT2D eigenvalue weighted by Crippen LogP contribution is -2.29. The first-order valence-corrected chi connectivity index (χ1v) is 2.65. The van der Waals surface area contributed by atoms with Crippen LogP contribution >= 0.6 is 0 Å². The van der Waals surface area contributed by atoms with E-state index in [1.807, 2.05) is 0 Å². The highest BCUT2D eigenvalue weighted by Crippen LogP contribution is 1.93. The third-order valence-corrected chi connectivity index (χ3v) is 1.10. The molecule has 9 heavy (non-hydrogen) atoms. The first-order chi connectivity index (χ1) is 4.26. The SMILES string of the molecule is C=CC(N)C(C=N)C=N. The van der Waals surface area contributed by atoms with Gasteiger partial charge in [0, 0.05) is 24.4 Å². The number of rotatable bonds is 4. The zero-order valence-corrected chi connectivity index (χ0v) is 5.17. The van der Waals surface area contributed by atoms with Crippen molar-refractivity contribution < 1.29 is 0 Å². The van der Waals surface area contributed by atoms with Crippen LogP contribution in [-0.4, -0.2) is 18.5 Å². The maximum atomic E-state index is 6.79. The minimum absolute atomic E-state index is 0.289. The van der Waals surface area contributed by atoms with E-state index in [9.17, 15) is 0 Å². The van der Waals surface area contributed by atoms with Gasteiger partial charge in [-0.1, -0.05) is 6.08 Å². The van der Waals surface area contributed by atoms with Crippen molar-refractivity contribution in [1.29, 1.82) is 10.8 Å². The Morgan fingerprint density at radius 1 is 1.33 bits per heavy atom. The minimum Gasteiger partial charge on any atom is -0.324 e. The van der Waals surface area contributed by atoms with E-state index in [4.69, 9.17) is 16.6 Å². The second kappa shape index (κ2) is 3.97. The Labute approximate surface area is 54.6 Å². The Bertz CT molecular complexity index is 111. The standard InChI is InChI=1S/C6H11N3/c1-2-6(9)5(3-7)4-8/h2-8H,1,9H2. The summed E-state index contributed by atoms with van der Waals surface area (Å²) in [5.41, 5.74) is 5.42. The lowest BCUT2D eigenvalue weighted by atomic mass is 10.0. The van der Waals surface area contributed by atoms with Crippen molar-refractivity contribution >= 4 is 12.4 Å². The molecule has 1 atom stereocenters. The van der Waals surface area contributed by atoms with E-state index in [-0.39, 0.29) is 12.0 Å². The third-order valence-electron chi connectivity index (χ3n) is 1.10. The minimum atomic E-state index is -0.292. The number of nitrogens with one attached hydrogen (secondary N) is 2. The lowest BCUT2D eigenvalue weighted by Gasteiger charge is -2.08. The van der Waals surface area contributed by atoms with E-state index in [0.717, 1.165) is 12.4 Å². The van der Waals surface area contributed by atoms with Gasteiger partial charge in [0.25, 0.3) is 0 Å². The molecule has 0 aliphatic heterocycles. The van der Waals surface area contributed by atoms with Gasteiger partial charge >= 0.3 is 0 Å². The fraction of sp³-hybridized carbons (Fsp3) is 0.333. The van der Waals surface area contributed by atoms with E-state index < -0.39 is 0 Å². The average molecular weight is 125 g/mol. The highest BCUT2D eigenvalue weighted by atomic mass is 14.6. The summed E-state index contributed by atoms with van der Waals surface area (Å²) in [6.07, 6.45) is 3.80. The van der Waals surface area contributed by atoms with Crippen molar-refractivity contribution in [2.75, 3.05) is 0 Å². The van der Waals surface area contributed by atoms with Gasteiger partial charge < -0.3 is 16.6 Å². The molecule has 0 amide bonds. The van der Waals surface area contributed by atoms with E-state index >= 15 is 0 Å². The molecule has 0 aromatic carbocycles. The Hall–Kier alpha value is -0.960. The summed E-state index contributed by atoms with van der Waals surface area (Å²) in [5.74, 6) is -0.289. The van der Waals surface area contributed by atoms with Crippen molar-refractivity contribution in [2.24, 2.45) is 11.7 Å². The molecule has 0 fully saturated rings. The maximum Gasteiger partial charge on any atom is 0.0470 e. The molecule has 1 unspecified atom stereocenters. The second-order valence-corrected chi connectivity index (χ2v) is 1.72. The third kappa shape index (κ3) is 2.19. The molecule has 4 N–H and O–H groups in total. The molecule has 0 aliphatic carbocycles. The van der Waals surface area contributed by atoms with E-state index in [0.29, 0.717) is 0 Å². The van der Waals surface area contributed by atoms with E-state index in [2.05, 4.69) is 6.58 Å². The molecule has 0 bridgehead atoms. The van der Waals surface area contributed by atoms with Gasteiger partial charge in [-0.3, -0.25) is 0 Å². The first kappa shape index (κ1) is 8.04. The van der Waals surface area contributed by atoms with Crippen LogP contribution in [0.3, 0.4) is 0 Å². The summed E-state index contributed by atoms with van der Waals surface area (Å²) in [7, 11) is 0. The first-order valence-electron chi connectivity index (χ1n) is 2.65. The number of hydrogen-bond acceptors (Lipinski definition) is 3. The largest absolute Gasteiger partial charge is 0.324 e. The molecule has 0 aliphatic rings. The quantitative estimate of drug-likeness (QED) is 0.369. The molecule has 0 saturated heterocycles. The van der Waals surface area contributed by atoms with Crippen LogP contribution < -0.4 is 5.73 Å². The van der Waals surface area contributed by atoms with Gasteiger partial charge in [-0.15, -0.1) is 6.58 Å². The van der Waals surface area contributed by atoms with Gasteiger partial charge in [-0.25, -0.2) is 0 Å². The monoisotopic (exact) mass is 125 g/mol. The normalized spacial score (nSPS) is 15.7. The van der Waals surface area contributed by atoms with Gasteiger partial charge in [-0.2, -0.15) is 0 Å². The van der Waals surface area contributed by atoms with Gasteiger partial charge in [0.05, 0.1) is 0 Å². The summed E-state index contributed by atoms with van der Waals surface area (Å²) in [5, 5.41) is 13.6. The Balaban J connectivity index is 3.92. The number of nitrogens with two attached hydrogens (primary N) is 1. The van der Waals surface area contributed by atoms with Gasteiger partial charge in [0.1, 0.15) is 0 Å². The molecule has 0 spiro atoms. The fourth-order valence-corrected chi connectivity index (χ4v) is 0.427. The molecular formula is C6H11N3. The fourth-order valence-electron chi connectivity index (χ4n) is 0.427. The molecule has 0 rings (SSSR count). The average Bonchev–Trinajstić information content (AvgIpc) is 1.90. The van der Waals surface area contributed by atoms with Crippen LogP contribution in [-0.2, 0) is 0 Å². The predicted molar refractivity (Wildman–Crippen MR) is 39.2 cm³/mol.